The van der Waals surface area contributed by atoms with Crippen LogP contribution in [0.3, 0.4) is 0 Å². The first-order valence-corrected chi connectivity index (χ1v) is 6.79. The minimum atomic E-state index is -0.640. The van der Waals surface area contributed by atoms with E-state index in [1.807, 2.05) is 24.3 Å². The van der Waals surface area contributed by atoms with E-state index in [2.05, 4.69) is 16.0 Å². The van der Waals surface area contributed by atoms with E-state index in [1.165, 1.54) is 0 Å². The fourth-order valence-corrected chi connectivity index (χ4v) is 1.72. The van der Waals surface area contributed by atoms with Crippen LogP contribution in [0.4, 0.5) is 15.3 Å². The average Bonchev–Trinajstić information content (AvgIpc) is 2.48. The van der Waals surface area contributed by atoms with Crippen LogP contribution in [0.25, 0.3) is 0 Å². The predicted molar refractivity (Wildman–Crippen MR) is 83.7 cm³/mol. The highest BCUT2D eigenvalue weighted by Crippen LogP contribution is 2.08. The molecule has 3 amide bonds. The lowest BCUT2D eigenvalue weighted by Crippen LogP contribution is -2.48. The van der Waals surface area contributed by atoms with Gasteiger partial charge < -0.3 is 20.7 Å². The molecule has 0 fully saturated rings. The summed E-state index contributed by atoms with van der Waals surface area (Å²) >= 11 is 0. The van der Waals surface area contributed by atoms with Gasteiger partial charge in [-0.25, -0.2) is 9.59 Å². The molecular formula is C16H17N3O3. The molecule has 22 heavy (non-hydrogen) atoms. The summed E-state index contributed by atoms with van der Waals surface area (Å²) in [6.07, 6.45) is -1.22. The number of para-hydroxylation sites is 2. The number of anilines is 1. The zero-order valence-corrected chi connectivity index (χ0v) is 12.1. The number of carbonyl (C=O) groups excluding carboxylic acids is 2. The lowest BCUT2D eigenvalue weighted by Gasteiger charge is -2.16. The molecule has 2 aromatic rings. The Labute approximate surface area is 128 Å². The lowest BCUT2D eigenvalue weighted by molar-refractivity contribution is 0.194. The molecule has 0 saturated heterocycles. The summed E-state index contributed by atoms with van der Waals surface area (Å²) in [5.41, 5.74) is 0.666. The monoisotopic (exact) mass is 299 g/mol. The molecule has 0 bridgehead atoms. The van der Waals surface area contributed by atoms with Gasteiger partial charge in [0, 0.05) is 5.69 Å². The third kappa shape index (κ3) is 5.16. The molecule has 0 aliphatic rings. The zero-order valence-electron chi connectivity index (χ0n) is 12.1. The maximum absolute atomic E-state index is 11.7. The molecule has 2 aromatic carbocycles. The largest absolute Gasteiger partial charge is 0.414 e. The molecule has 1 atom stereocenters. The summed E-state index contributed by atoms with van der Waals surface area (Å²) in [6.45, 7) is 1.64. The number of hydrogen-bond acceptors (Lipinski definition) is 3. The van der Waals surface area contributed by atoms with E-state index < -0.39 is 18.3 Å². The Morgan fingerprint density at radius 3 is 2.14 bits per heavy atom. The van der Waals surface area contributed by atoms with Gasteiger partial charge in [-0.15, -0.1) is 0 Å². The van der Waals surface area contributed by atoms with Crippen molar-refractivity contribution in [2.45, 2.75) is 13.1 Å². The Balaban J connectivity index is 1.76. The van der Waals surface area contributed by atoms with E-state index in [-0.39, 0.29) is 0 Å². The van der Waals surface area contributed by atoms with Crippen LogP contribution in [0.5, 0.6) is 5.75 Å². The van der Waals surface area contributed by atoms with Gasteiger partial charge in [0.25, 0.3) is 0 Å². The molecule has 0 saturated carbocycles. The van der Waals surface area contributed by atoms with Crippen LogP contribution in [-0.2, 0) is 0 Å². The molecule has 2 rings (SSSR count). The van der Waals surface area contributed by atoms with Gasteiger partial charge in [-0.2, -0.15) is 0 Å². The van der Waals surface area contributed by atoms with Crippen LogP contribution in [0.1, 0.15) is 6.92 Å². The summed E-state index contributed by atoms with van der Waals surface area (Å²) in [4.78, 5) is 23.4. The SMILES string of the molecule is CC(NC(=O)Nc1ccccc1)NC(=O)Oc1ccccc1. The minimum absolute atomic E-state index is 0.418. The predicted octanol–water partition coefficient (Wildman–Crippen LogP) is 2.94. The molecular weight excluding hydrogens is 282 g/mol. The Morgan fingerprint density at radius 1 is 0.909 bits per heavy atom. The Bertz CT molecular complexity index is 562. The van der Waals surface area contributed by atoms with Crippen LogP contribution in [-0.4, -0.2) is 18.3 Å². The van der Waals surface area contributed by atoms with Crippen molar-refractivity contribution in [3.05, 3.63) is 60.7 Å². The summed E-state index contributed by atoms with van der Waals surface area (Å²) in [5.74, 6) is 0.431. The van der Waals surface area contributed by atoms with Crippen molar-refractivity contribution in [2.24, 2.45) is 0 Å². The highest BCUT2D eigenvalue weighted by Gasteiger charge is 2.11. The fourth-order valence-electron chi connectivity index (χ4n) is 1.72. The quantitative estimate of drug-likeness (QED) is 0.759. The number of amides is 3. The third-order valence-electron chi connectivity index (χ3n) is 2.67. The smallest absolute Gasteiger partial charge is 0.410 e. The van der Waals surface area contributed by atoms with Crippen molar-refractivity contribution >= 4 is 17.8 Å². The highest BCUT2D eigenvalue weighted by atomic mass is 16.6. The highest BCUT2D eigenvalue weighted by molar-refractivity contribution is 5.89. The van der Waals surface area contributed by atoms with Gasteiger partial charge in [0.2, 0.25) is 0 Å². The second-order valence-corrected chi connectivity index (χ2v) is 4.53. The Morgan fingerprint density at radius 2 is 1.50 bits per heavy atom. The number of urea groups is 1. The summed E-state index contributed by atoms with van der Waals surface area (Å²) in [5, 5.41) is 7.75. The minimum Gasteiger partial charge on any atom is -0.410 e. The van der Waals surface area contributed by atoms with E-state index in [4.69, 9.17) is 4.74 Å². The van der Waals surface area contributed by atoms with Crippen LogP contribution in [0, 0.1) is 0 Å². The summed E-state index contributed by atoms with van der Waals surface area (Å²) < 4.78 is 5.06. The van der Waals surface area contributed by atoms with E-state index >= 15 is 0 Å². The molecule has 0 radical (unpaired) electrons. The van der Waals surface area contributed by atoms with Gasteiger partial charge in [0.1, 0.15) is 11.9 Å². The van der Waals surface area contributed by atoms with Gasteiger partial charge in [-0.3, -0.25) is 0 Å². The molecule has 3 N–H and O–H groups in total. The number of benzene rings is 2. The van der Waals surface area contributed by atoms with Crippen molar-refractivity contribution in [3.8, 4) is 5.75 Å². The molecule has 6 nitrogen and oxygen atoms in total. The Hall–Kier alpha value is -3.02. The Kier molecular flexibility index (Phi) is 5.37. The number of nitrogens with one attached hydrogen (secondary N) is 3. The van der Waals surface area contributed by atoms with Crippen molar-refractivity contribution in [2.75, 3.05) is 5.32 Å². The first-order chi connectivity index (χ1) is 10.6. The van der Waals surface area contributed by atoms with Crippen LogP contribution < -0.4 is 20.7 Å². The molecule has 0 aliphatic heterocycles. The van der Waals surface area contributed by atoms with Gasteiger partial charge in [-0.05, 0) is 31.2 Å². The number of hydrogen-bond donors (Lipinski definition) is 3. The van der Waals surface area contributed by atoms with Gasteiger partial charge in [-0.1, -0.05) is 36.4 Å². The van der Waals surface area contributed by atoms with Crippen LogP contribution in [0.2, 0.25) is 0 Å². The summed E-state index contributed by atoms with van der Waals surface area (Å²) in [6, 6.07) is 17.3. The van der Waals surface area contributed by atoms with Crippen molar-refractivity contribution in [1.82, 2.24) is 10.6 Å². The number of carbonyl (C=O) groups is 2. The first kappa shape index (κ1) is 15.4. The molecule has 114 valence electrons. The molecule has 0 aromatic heterocycles. The molecule has 0 heterocycles. The summed E-state index contributed by atoms with van der Waals surface area (Å²) in [7, 11) is 0. The van der Waals surface area contributed by atoms with Crippen LogP contribution in [0.15, 0.2) is 60.7 Å². The second-order valence-electron chi connectivity index (χ2n) is 4.53. The van der Waals surface area contributed by atoms with E-state index in [1.54, 1.807) is 43.3 Å². The third-order valence-corrected chi connectivity index (χ3v) is 2.67. The van der Waals surface area contributed by atoms with Crippen LogP contribution >= 0.6 is 0 Å². The molecule has 1 unspecified atom stereocenters. The van der Waals surface area contributed by atoms with Gasteiger partial charge in [0.05, 0.1) is 0 Å². The fraction of sp³-hybridized carbons (Fsp3) is 0.125. The zero-order chi connectivity index (χ0) is 15.8. The van der Waals surface area contributed by atoms with Crippen molar-refractivity contribution in [1.29, 1.82) is 0 Å². The number of ether oxygens (including phenoxy) is 1. The maximum Gasteiger partial charge on any atom is 0.414 e. The molecule has 0 spiro atoms. The first-order valence-electron chi connectivity index (χ1n) is 6.79. The van der Waals surface area contributed by atoms with Crippen molar-refractivity contribution in [3.63, 3.8) is 0 Å². The van der Waals surface area contributed by atoms with Gasteiger partial charge >= 0.3 is 12.1 Å². The topological polar surface area (TPSA) is 79.5 Å². The average molecular weight is 299 g/mol. The van der Waals surface area contributed by atoms with E-state index in [0.29, 0.717) is 11.4 Å². The van der Waals surface area contributed by atoms with E-state index in [0.717, 1.165) is 0 Å². The lowest BCUT2D eigenvalue weighted by atomic mass is 10.3. The van der Waals surface area contributed by atoms with Gasteiger partial charge in [0.15, 0.2) is 0 Å². The molecule has 0 aliphatic carbocycles. The molecule has 6 heteroatoms. The second kappa shape index (κ2) is 7.68. The normalized spacial score (nSPS) is 11.1. The van der Waals surface area contributed by atoms with E-state index in [9.17, 15) is 9.59 Å². The van der Waals surface area contributed by atoms with Crippen molar-refractivity contribution < 1.29 is 14.3 Å². The number of rotatable bonds is 4. The maximum atomic E-state index is 11.7. The standard InChI is InChI=1S/C16H17N3O3/c1-12(17-15(20)19-13-8-4-2-5-9-13)18-16(21)22-14-10-6-3-7-11-14/h2-12H,1H3,(H,18,21)(H2,17,19,20).